The Morgan fingerprint density at radius 2 is 1.97 bits per heavy atom. The van der Waals surface area contributed by atoms with Crippen molar-refractivity contribution in [2.75, 3.05) is 11.1 Å². The molecule has 1 saturated carbocycles. The minimum absolute atomic E-state index is 0.00891. The monoisotopic (exact) mass is 457 g/mol. The van der Waals surface area contributed by atoms with Gasteiger partial charge in [-0.2, -0.15) is 13.2 Å². The van der Waals surface area contributed by atoms with Crippen molar-refractivity contribution in [2.45, 2.75) is 30.2 Å². The van der Waals surface area contributed by atoms with Crippen LogP contribution in [0.4, 0.5) is 18.9 Å². The van der Waals surface area contributed by atoms with Gasteiger partial charge in [0, 0.05) is 34.4 Å². The van der Waals surface area contributed by atoms with Crippen LogP contribution in [0.5, 0.6) is 0 Å². The number of hydrogen-bond acceptors (Lipinski definition) is 4. The molecule has 0 aliphatic heterocycles. The normalized spacial score (nSPS) is 14.1. The van der Waals surface area contributed by atoms with Crippen LogP contribution in [0.2, 0.25) is 0 Å². The first-order valence-corrected chi connectivity index (χ1v) is 11.0. The Kier molecular flexibility index (Phi) is 5.16. The number of aromatic amines is 1. The zero-order valence-electron chi connectivity index (χ0n) is 16.7. The van der Waals surface area contributed by atoms with Gasteiger partial charge in [0.1, 0.15) is 0 Å². The Bertz CT molecular complexity index is 1290. The van der Waals surface area contributed by atoms with Gasteiger partial charge in [0.2, 0.25) is 5.91 Å². The van der Waals surface area contributed by atoms with Crippen LogP contribution in [-0.2, 0) is 11.0 Å². The zero-order chi connectivity index (χ0) is 22.3. The van der Waals surface area contributed by atoms with Crippen molar-refractivity contribution in [1.82, 2.24) is 19.7 Å². The lowest BCUT2D eigenvalue weighted by Gasteiger charge is -2.10. The van der Waals surface area contributed by atoms with E-state index in [4.69, 9.17) is 0 Å². The fraction of sp³-hybridized carbons (Fsp3) is 0.227. The number of fused-ring (bicyclic) bond motifs is 1. The zero-order valence-corrected chi connectivity index (χ0v) is 17.5. The Hall–Kier alpha value is -3.27. The van der Waals surface area contributed by atoms with Crippen LogP contribution >= 0.6 is 11.8 Å². The fourth-order valence-electron chi connectivity index (χ4n) is 3.58. The molecule has 2 aromatic carbocycles. The second-order valence-electron chi connectivity index (χ2n) is 7.57. The molecule has 1 fully saturated rings. The van der Waals surface area contributed by atoms with Gasteiger partial charge in [0.05, 0.1) is 11.3 Å². The van der Waals surface area contributed by atoms with Crippen LogP contribution in [-0.4, -0.2) is 31.4 Å². The van der Waals surface area contributed by atoms with E-state index < -0.39 is 17.6 Å². The summed E-state index contributed by atoms with van der Waals surface area (Å²) in [4.78, 5) is 15.6. The van der Waals surface area contributed by atoms with Crippen molar-refractivity contribution in [3.05, 3.63) is 60.3 Å². The maximum absolute atomic E-state index is 12.9. The molecule has 164 valence electrons. The molecule has 0 atom stereocenters. The van der Waals surface area contributed by atoms with Crippen LogP contribution < -0.4 is 5.32 Å². The quantitative estimate of drug-likeness (QED) is 0.374. The van der Waals surface area contributed by atoms with Gasteiger partial charge in [-0.05, 0) is 37.1 Å². The number of carbonyl (C=O) groups is 1. The molecule has 1 aliphatic rings. The smallest absolute Gasteiger partial charge is 0.360 e. The summed E-state index contributed by atoms with van der Waals surface area (Å²) in [5, 5.41) is 12.9. The van der Waals surface area contributed by atoms with Gasteiger partial charge in [-0.1, -0.05) is 36.0 Å². The van der Waals surface area contributed by atoms with Crippen molar-refractivity contribution >= 4 is 34.3 Å². The van der Waals surface area contributed by atoms with Crippen molar-refractivity contribution in [2.24, 2.45) is 0 Å². The molecule has 1 amide bonds. The molecular formula is C22H18F3N5OS. The van der Waals surface area contributed by atoms with Crippen molar-refractivity contribution < 1.29 is 18.0 Å². The van der Waals surface area contributed by atoms with Crippen LogP contribution in [0.25, 0.3) is 22.3 Å². The van der Waals surface area contributed by atoms with E-state index in [1.807, 2.05) is 30.5 Å². The predicted molar refractivity (Wildman–Crippen MR) is 116 cm³/mol. The summed E-state index contributed by atoms with van der Waals surface area (Å²) in [6.45, 7) is 0. The Labute approximate surface area is 185 Å². The SMILES string of the molecule is O=C(CSc1nnc(-c2c[nH]c3ccccc23)n1C1CC1)Nc1cccc(C(F)(F)F)c1. The van der Waals surface area contributed by atoms with Gasteiger partial charge >= 0.3 is 6.18 Å². The molecule has 0 saturated heterocycles. The highest BCUT2D eigenvalue weighted by Crippen LogP contribution is 2.42. The molecule has 2 N–H and O–H groups in total. The second-order valence-corrected chi connectivity index (χ2v) is 8.51. The third kappa shape index (κ3) is 4.10. The van der Waals surface area contributed by atoms with E-state index >= 15 is 0 Å². The Morgan fingerprint density at radius 3 is 2.75 bits per heavy atom. The van der Waals surface area contributed by atoms with Gasteiger partial charge in [-0.25, -0.2) is 0 Å². The number of anilines is 1. The van der Waals surface area contributed by atoms with Gasteiger partial charge < -0.3 is 10.3 Å². The molecule has 1 aliphatic carbocycles. The number of rotatable bonds is 6. The third-order valence-electron chi connectivity index (χ3n) is 5.21. The number of aromatic nitrogens is 4. The number of nitrogens with one attached hydrogen (secondary N) is 2. The average Bonchev–Trinajstić information content (AvgIpc) is 3.38. The van der Waals surface area contributed by atoms with E-state index in [2.05, 4.69) is 25.1 Å². The molecule has 2 aromatic heterocycles. The van der Waals surface area contributed by atoms with Crippen LogP contribution in [0.3, 0.4) is 0 Å². The van der Waals surface area contributed by atoms with Gasteiger partial charge in [0.15, 0.2) is 11.0 Å². The van der Waals surface area contributed by atoms with Crippen LogP contribution in [0.15, 0.2) is 59.9 Å². The maximum Gasteiger partial charge on any atom is 0.416 e. The molecule has 0 spiro atoms. The minimum Gasteiger partial charge on any atom is -0.360 e. The summed E-state index contributed by atoms with van der Waals surface area (Å²) in [6, 6.07) is 12.8. The van der Waals surface area contributed by atoms with Crippen molar-refractivity contribution in [3.63, 3.8) is 0 Å². The average molecular weight is 457 g/mol. The number of benzene rings is 2. The van der Waals surface area contributed by atoms with E-state index in [9.17, 15) is 18.0 Å². The number of alkyl halides is 3. The van der Waals surface area contributed by atoms with Crippen LogP contribution in [0.1, 0.15) is 24.4 Å². The second kappa shape index (κ2) is 8.01. The molecule has 4 aromatic rings. The number of carbonyl (C=O) groups excluding carboxylic acids is 1. The maximum atomic E-state index is 12.9. The summed E-state index contributed by atoms with van der Waals surface area (Å²) < 4.78 is 40.7. The standard InChI is InChI=1S/C22H18F3N5OS/c23-22(24,25)13-4-3-5-14(10-13)27-19(31)12-32-21-29-28-20(30(21)15-8-9-15)17-11-26-18-7-2-1-6-16(17)18/h1-7,10-11,15,26H,8-9,12H2,(H,27,31). The summed E-state index contributed by atoms with van der Waals surface area (Å²) >= 11 is 1.22. The molecule has 0 bridgehead atoms. The number of H-pyrrole nitrogens is 1. The largest absolute Gasteiger partial charge is 0.416 e. The molecule has 0 radical (unpaired) electrons. The van der Waals surface area contributed by atoms with Gasteiger partial charge in [0.25, 0.3) is 0 Å². The van der Waals surface area contributed by atoms with Gasteiger partial charge in [-0.15, -0.1) is 10.2 Å². The predicted octanol–water partition coefficient (Wildman–Crippen LogP) is 5.51. The molecule has 0 unspecified atom stereocenters. The summed E-state index contributed by atoms with van der Waals surface area (Å²) in [6.07, 6.45) is -0.536. The minimum atomic E-state index is -4.46. The molecule has 32 heavy (non-hydrogen) atoms. The summed E-state index contributed by atoms with van der Waals surface area (Å²) in [5.74, 6) is 0.341. The van der Waals surface area contributed by atoms with E-state index in [-0.39, 0.29) is 17.5 Å². The van der Waals surface area contributed by atoms with E-state index in [0.717, 1.165) is 47.3 Å². The lowest BCUT2D eigenvalue weighted by atomic mass is 10.1. The number of thioether (sulfide) groups is 1. The Morgan fingerprint density at radius 1 is 1.16 bits per heavy atom. The van der Waals surface area contributed by atoms with E-state index in [1.165, 1.54) is 23.9 Å². The van der Waals surface area contributed by atoms with Crippen molar-refractivity contribution in [1.29, 1.82) is 0 Å². The van der Waals surface area contributed by atoms with E-state index in [0.29, 0.717) is 5.16 Å². The van der Waals surface area contributed by atoms with Crippen molar-refractivity contribution in [3.8, 4) is 11.4 Å². The highest BCUT2D eigenvalue weighted by atomic mass is 32.2. The first-order chi connectivity index (χ1) is 15.4. The topological polar surface area (TPSA) is 75.6 Å². The van der Waals surface area contributed by atoms with E-state index in [1.54, 1.807) is 0 Å². The fourth-order valence-corrected chi connectivity index (χ4v) is 4.38. The summed E-state index contributed by atoms with van der Waals surface area (Å²) in [7, 11) is 0. The lowest BCUT2D eigenvalue weighted by Crippen LogP contribution is -2.15. The number of para-hydroxylation sites is 1. The first kappa shape index (κ1) is 20.6. The van der Waals surface area contributed by atoms with Crippen LogP contribution in [0, 0.1) is 0 Å². The highest BCUT2D eigenvalue weighted by molar-refractivity contribution is 7.99. The molecule has 10 heteroatoms. The molecule has 5 rings (SSSR count). The first-order valence-electron chi connectivity index (χ1n) is 10.0. The highest BCUT2D eigenvalue weighted by Gasteiger charge is 2.32. The number of amides is 1. The van der Waals surface area contributed by atoms with Gasteiger partial charge in [-0.3, -0.25) is 9.36 Å². The third-order valence-corrected chi connectivity index (χ3v) is 6.16. The number of halogens is 3. The lowest BCUT2D eigenvalue weighted by molar-refractivity contribution is -0.137. The number of nitrogens with zero attached hydrogens (tertiary/aromatic N) is 3. The molecule has 6 nitrogen and oxygen atoms in total. The molecular weight excluding hydrogens is 439 g/mol. The molecule has 2 heterocycles. The Balaban J connectivity index is 1.33. The summed E-state index contributed by atoms with van der Waals surface area (Å²) in [5.41, 5.74) is 1.25. The number of hydrogen-bond donors (Lipinski definition) is 2.